The molecular weight excluding hydrogens is 320 g/mol. The highest BCUT2D eigenvalue weighted by Crippen LogP contribution is 2.23. The van der Waals surface area contributed by atoms with Crippen molar-refractivity contribution in [2.75, 3.05) is 6.54 Å². The van der Waals surface area contributed by atoms with E-state index in [9.17, 15) is 4.79 Å². The van der Waals surface area contributed by atoms with Crippen molar-refractivity contribution in [3.63, 3.8) is 0 Å². The highest BCUT2D eigenvalue weighted by Gasteiger charge is 2.20. The Hall–Kier alpha value is -1.07. The standard InChI is InChI=1S/C15H23BrN2O2/c1-10(14(19)18-15(2,3)4)20-12-5-6-13(16)11(9-12)7-8-17/h5-6,9-10H,7-8,17H2,1-4H3,(H,18,19). The van der Waals surface area contributed by atoms with Crippen molar-refractivity contribution >= 4 is 21.8 Å². The minimum atomic E-state index is -0.541. The molecule has 1 aromatic carbocycles. The fourth-order valence-electron chi connectivity index (χ4n) is 1.70. The van der Waals surface area contributed by atoms with Gasteiger partial charge in [0.1, 0.15) is 5.75 Å². The van der Waals surface area contributed by atoms with Gasteiger partial charge in [0.2, 0.25) is 0 Å². The summed E-state index contributed by atoms with van der Waals surface area (Å²) in [7, 11) is 0. The average Bonchev–Trinajstić information content (AvgIpc) is 2.31. The predicted molar refractivity (Wildman–Crippen MR) is 84.9 cm³/mol. The molecule has 0 bridgehead atoms. The van der Waals surface area contributed by atoms with Crippen LogP contribution in [-0.4, -0.2) is 24.1 Å². The van der Waals surface area contributed by atoms with E-state index in [0.29, 0.717) is 12.3 Å². The Bertz CT molecular complexity index is 469. The van der Waals surface area contributed by atoms with Crippen molar-refractivity contribution < 1.29 is 9.53 Å². The number of ether oxygens (including phenoxy) is 1. The number of benzene rings is 1. The molecule has 1 rings (SSSR count). The molecule has 0 spiro atoms. The first-order chi connectivity index (χ1) is 9.23. The molecule has 4 nitrogen and oxygen atoms in total. The third kappa shape index (κ3) is 5.51. The van der Waals surface area contributed by atoms with Crippen LogP contribution >= 0.6 is 15.9 Å². The summed E-state index contributed by atoms with van der Waals surface area (Å²) in [4.78, 5) is 12.0. The first kappa shape index (κ1) is 17.0. The van der Waals surface area contributed by atoms with Crippen LogP contribution in [0, 0.1) is 0 Å². The van der Waals surface area contributed by atoms with Gasteiger partial charge in [-0.15, -0.1) is 0 Å². The van der Waals surface area contributed by atoms with Gasteiger partial charge < -0.3 is 15.8 Å². The molecule has 112 valence electrons. The summed E-state index contributed by atoms with van der Waals surface area (Å²) >= 11 is 3.48. The molecule has 0 heterocycles. The summed E-state index contributed by atoms with van der Waals surface area (Å²) in [5.41, 5.74) is 6.39. The summed E-state index contributed by atoms with van der Waals surface area (Å²) in [5, 5.41) is 2.90. The second kappa shape index (κ2) is 7.09. The Labute approximate surface area is 129 Å². The molecule has 1 aromatic rings. The molecule has 1 unspecified atom stereocenters. The summed E-state index contributed by atoms with van der Waals surface area (Å²) in [5.74, 6) is 0.550. The monoisotopic (exact) mass is 342 g/mol. The molecule has 0 aliphatic carbocycles. The van der Waals surface area contributed by atoms with E-state index in [-0.39, 0.29) is 11.4 Å². The topological polar surface area (TPSA) is 64.3 Å². The smallest absolute Gasteiger partial charge is 0.261 e. The van der Waals surface area contributed by atoms with Crippen molar-refractivity contribution in [2.45, 2.75) is 45.8 Å². The van der Waals surface area contributed by atoms with Crippen LogP contribution < -0.4 is 15.8 Å². The van der Waals surface area contributed by atoms with E-state index in [4.69, 9.17) is 10.5 Å². The number of amides is 1. The lowest BCUT2D eigenvalue weighted by molar-refractivity contribution is -0.128. The summed E-state index contributed by atoms with van der Waals surface area (Å²) in [6, 6.07) is 5.66. The number of carbonyl (C=O) groups is 1. The maximum Gasteiger partial charge on any atom is 0.261 e. The van der Waals surface area contributed by atoms with Crippen LogP contribution in [0.25, 0.3) is 0 Å². The molecule has 0 saturated carbocycles. The second-order valence-electron chi connectivity index (χ2n) is 5.79. The molecule has 5 heteroatoms. The number of rotatable bonds is 5. The summed E-state index contributed by atoms with van der Waals surface area (Å²) in [6.45, 7) is 8.14. The summed E-state index contributed by atoms with van der Waals surface area (Å²) < 4.78 is 6.69. The van der Waals surface area contributed by atoms with E-state index in [1.54, 1.807) is 6.92 Å². The summed E-state index contributed by atoms with van der Waals surface area (Å²) in [6.07, 6.45) is 0.224. The highest BCUT2D eigenvalue weighted by atomic mass is 79.9. The van der Waals surface area contributed by atoms with Crippen LogP contribution in [0.5, 0.6) is 5.75 Å². The van der Waals surface area contributed by atoms with Crippen molar-refractivity contribution in [3.8, 4) is 5.75 Å². The van der Waals surface area contributed by atoms with Gasteiger partial charge in [-0.1, -0.05) is 15.9 Å². The number of nitrogens with two attached hydrogens (primary N) is 1. The predicted octanol–water partition coefficient (Wildman–Crippen LogP) is 2.63. The zero-order chi connectivity index (χ0) is 15.3. The zero-order valence-electron chi connectivity index (χ0n) is 12.5. The van der Waals surface area contributed by atoms with Gasteiger partial charge in [-0.05, 0) is 64.4 Å². The van der Waals surface area contributed by atoms with E-state index in [2.05, 4.69) is 21.2 Å². The van der Waals surface area contributed by atoms with Gasteiger partial charge in [0.25, 0.3) is 5.91 Å². The van der Waals surface area contributed by atoms with E-state index in [1.807, 2.05) is 39.0 Å². The molecule has 20 heavy (non-hydrogen) atoms. The third-order valence-electron chi connectivity index (χ3n) is 2.61. The molecule has 0 saturated heterocycles. The van der Waals surface area contributed by atoms with Crippen LogP contribution in [0.4, 0.5) is 0 Å². The lowest BCUT2D eigenvalue weighted by Crippen LogP contribution is -2.46. The Morgan fingerprint density at radius 2 is 2.10 bits per heavy atom. The molecule has 1 amide bonds. The van der Waals surface area contributed by atoms with Crippen molar-refractivity contribution in [1.29, 1.82) is 0 Å². The van der Waals surface area contributed by atoms with Gasteiger partial charge >= 0.3 is 0 Å². The molecule has 0 radical (unpaired) electrons. The second-order valence-corrected chi connectivity index (χ2v) is 6.65. The van der Waals surface area contributed by atoms with Gasteiger partial charge in [-0.3, -0.25) is 4.79 Å². The lowest BCUT2D eigenvalue weighted by Gasteiger charge is -2.23. The number of halogens is 1. The fraction of sp³-hybridized carbons (Fsp3) is 0.533. The van der Waals surface area contributed by atoms with Gasteiger partial charge in [-0.25, -0.2) is 0 Å². The molecule has 1 atom stereocenters. The van der Waals surface area contributed by atoms with E-state index in [1.165, 1.54) is 0 Å². The first-order valence-electron chi connectivity index (χ1n) is 6.70. The number of carbonyl (C=O) groups excluding carboxylic acids is 1. The quantitative estimate of drug-likeness (QED) is 0.864. The molecule has 0 aromatic heterocycles. The lowest BCUT2D eigenvalue weighted by atomic mass is 10.1. The molecule has 3 N–H and O–H groups in total. The number of hydrogen-bond acceptors (Lipinski definition) is 3. The minimum absolute atomic E-state index is 0.124. The van der Waals surface area contributed by atoms with Crippen LogP contribution in [0.1, 0.15) is 33.3 Å². The van der Waals surface area contributed by atoms with Gasteiger partial charge in [0.15, 0.2) is 6.10 Å². The Morgan fingerprint density at radius 3 is 2.65 bits per heavy atom. The van der Waals surface area contributed by atoms with Crippen LogP contribution in [0.2, 0.25) is 0 Å². The average molecular weight is 343 g/mol. The molecule has 0 fully saturated rings. The van der Waals surface area contributed by atoms with Gasteiger partial charge in [-0.2, -0.15) is 0 Å². The Balaban J connectivity index is 2.73. The number of nitrogens with one attached hydrogen (secondary N) is 1. The van der Waals surface area contributed by atoms with Crippen molar-refractivity contribution in [2.24, 2.45) is 5.73 Å². The van der Waals surface area contributed by atoms with Crippen molar-refractivity contribution in [3.05, 3.63) is 28.2 Å². The van der Waals surface area contributed by atoms with E-state index < -0.39 is 6.10 Å². The first-order valence-corrected chi connectivity index (χ1v) is 7.49. The maximum atomic E-state index is 12.0. The van der Waals surface area contributed by atoms with E-state index >= 15 is 0 Å². The highest BCUT2D eigenvalue weighted by molar-refractivity contribution is 9.10. The van der Waals surface area contributed by atoms with Gasteiger partial charge in [0, 0.05) is 10.0 Å². The Morgan fingerprint density at radius 1 is 1.45 bits per heavy atom. The zero-order valence-corrected chi connectivity index (χ0v) is 14.1. The normalized spacial score (nSPS) is 12.9. The van der Waals surface area contributed by atoms with Crippen LogP contribution in [-0.2, 0) is 11.2 Å². The van der Waals surface area contributed by atoms with Gasteiger partial charge in [0.05, 0.1) is 0 Å². The minimum Gasteiger partial charge on any atom is -0.481 e. The largest absolute Gasteiger partial charge is 0.481 e. The fourth-order valence-corrected chi connectivity index (χ4v) is 2.15. The number of hydrogen-bond donors (Lipinski definition) is 2. The molecule has 0 aliphatic rings. The molecule has 0 aliphatic heterocycles. The van der Waals surface area contributed by atoms with Crippen LogP contribution in [0.3, 0.4) is 0 Å². The third-order valence-corrected chi connectivity index (χ3v) is 3.38. The van der Waals surface area contributed by atoms with Crippen LogP contribution in [0.15, 0.2) is 22.7 Å². The van der Waals surface area contributed by atoms with Crippen molar-refractivity contribution in [1.82, 2.24) is 5.32 Å². The Kier molecular flexibility index (Phi) is 6.02. The van der Waals surface area contributed by atoms with E-state index in [0.717, 1.165) is 16.5 Å². The molecular formula is C15H23BrN2O2. The maximum absolute atomic E-state index is 12.0. The SMILES string of the molecule is CC(Oc1ccc(Br)c(CCN)c1)C(=O)NC(C)(C)C.